The van der Waals surface area contributed by atoms with Crippen LogP contribution in [0, 0.1) is 17.8 Å². The Morgan fingerprint density at radius 2 is 1.42 bits per heavy atom. The fourth-order valence-electron chi connectivity index (χ4n) is 3.07. The van der Waals surface area contributed by atoms with E-state index in [-0.39, 0.29) is 0 Å². The van der Waals surface area contributed by atoms with Gasteiger partial charge in [0.05, 0.1) is 30.1 Å². The van der Waals surface area contributed by atoms with Crippen LogP contribution in [0.25, 0.3) is 0 Å². The quantitative estimate of drug-likeness (QED) is 0.349. The molecule has 0 aromatic rings. The van der Waals surface area contributed by atoms with Gasteiger partial charge in [-0.3, -0.25) is 4.79 Å². The minimum atomic E-state index is -6.61. The number of carbonyl (C=O) groups excluding carboxylic acids is 1. The van der Waals surface area contributed by atoms with E-state index in [0.29, 0.717) is 0 Å². The van der Waals surface area contributed by atoms with Crippen LogP contribution in [-0.2, 0) is 19.6 Å². The second-order valence-electron chi connectivity index (χ2n) is 7.48. The van der Waals surface area contributed by atoms with Gasteiger partial charge in [-0.25, -0.2) is 8.42 Å². The first-order valence-electron chi connectivity index (χ1n) is 7.57. The minimum absolute atomic E-state index is 0.751. The lowest BCUT2D eigenvalue weighted by Crippen LogP contribution is -2.47. The molecule has 0 aliphatic heterocycles. The van der Waals surface area contributed by atoms with E-state index in [9.17, 15) is 45.5 Å². The van der Waals surface area contributed by atoms with Crippen LogP contribution in [0.1, 0.15) is 34.1 Å². The lowest BCUT2D eigenvalue weighted by atomic mass is 9.94. The highest BCUT2D eigenvalue weighted by atomic mass is 32.2. The topological polar surface area (TPSA) is 124 Å². The van der Waals surface area contributed by atoms with Crippen LogP contribution in [0.15, 0.2) is 0 Å². The summed E-state index contributed by atoms with van der Waals surface area (Å²) in [5.74, 6) is -8.89. The van der Waals surface area contributed by atoms with Crippen LogP contribution in [0.4, 0.5) is 17.6 Å². The van der Waals surface area contributed by atoms with Crippen molar-refractivity contribution in [3.05, 3.63) is 0 Å². The lowest BCUT2D eigenvalue weighted by Gasteiger charge is -2.28. The summed E-state index contributed by atoms with van der Waals surface area (Å²) in [6.45, 7) is 4.22. The zero-order valence-corrected chi connectivity index (χ0v) is 15.3. The maximum absolute atomic E-state index is 13.3. The SMILES string of the molecule is CC(C)(O)C1C(C(=O)OCCC(F)(F)C(F)(F)S(=O)(=O)[O-])C1C(C)(C)O. The van der Waals surface area contributed by atoms with Crippen LogP contribution in [-0.4, -0.2) is 58.1 Å². The molecule has 154 valence electrons. The molecule has 2 atom stereocenters. The molecular formula is C14H21F4O7S-. The first-order chi connectivity index (χ1) is 11.2. The average Bonchev–Trinajstić information content (AvgIpc) is 3.11. The average molecular weight is 409 g/mol. The Labute approximate surface area is 148 Å². The van der Waals surface area contributed by atoms with Gasteiger partial charge >= 0.3 is 17.1 Å². The molecule has 0 heterocycles. The number of carbonyl (C=O) groups is 1. The smallest absolute Gasteiger partial charge is 0.396 e. The van der Waals surface area contributed by atoms with E-state index in [1.807, 2.05) is 0 Å². The molecule has 1 aliphatic rings. The van der Waals surface area contributed by atoms with Crippen LogP contribution in [0.5, 0.6) is 0 Å². The van der Waals surface area contributed by atoms with Gasteiger partial charge in [-0.15, -0.1) is 0 Å². The van der Waals surface area contributed by atoms with Crippen molar-refractivity contribution in [2.45, 2.75) is 56.5 Å². The van der Waals surface area contributed by atoms with Gasteiger partial charge in [-0.05, 0) is 27.7 Å². The standard InChI is InChI=1S/C14H22F4O7S/c1-11(2,20)8-7(9(8)12(3,4)21)10(19)25-6-5-13(15,16)14(17,18)26(22,23)24/h7-9,20-21H,5-6H2,1-4H3,(H,22,23,24)/p-1. The Kier molecular flexibility index (Phi) is 5.83. The van der Waals surface area contributed by atoms with Gasteiger partial charge in [0, 0.05) is 11.8 Å². The molecule has 1 rings (SSSR count). The van der Waals surface area contributed by atoms with Crippen molar-refractivity contribution in [3.63, 3.8) is 0 Å². The molecule has 0 bridgehead atoms. The normalized spacial score (nSPS) is 25.1. The van der Waals surface area contributed by atoms with E-state index in [0.717, 1.165) is 0 Å². The van der Waals surface area contributed by atoms with Crippen LogP contribution >= 0.6 is 0 Å². The summed E-state index contributed by atoms with van der Waals surface area (Å²) in [7, 11) is -6.61. The first kappa shape index (κ1) is 23.1. The summed E-state index contributed by atoms with van der Waals surface area (Å²) in [5, 5.41) is 14.2. The monoisotopic (exact) mass is 409 g/mol. The molecule has 0 aromatic heterocycles. The molecule has 1 aliphatic carbocycles. The summed E-state index contributed by atoms with van der Waals surface area (Å²) in [5.41, 5.74) is -2.80. The third kappa shape index (κ3) is 4.46. The molecule has 0 radical (unpaired) electrons. The number of alkyl halides is 4. The number of aliphatic hydroxyl groups is 2. The van der Waals surface area contributed by atoms with Gasteiger partial charge in [0.15, 0.2) is 10.1 Å². The molecule has 1 fully saturated rings. The Bertz CT molecular complexity index is 629. The number of ether oxygens (including phenoxy) is 1. The van der Waals surface area contributed by atoms with E-state index in [1.165, 1.54) is 27.7 Å². The molecule has 1 saturated carbocycles. The summed E-state index contributed by atoms with van der Waals surface area (Å²) < 4.78 is 87.9. The van der Waals surface area contributed by atoms with E-state index in [4.69, 9.17) is 0 Å². The van der Waals surface area contributed by atoms with E-state index < -0.39 is 69.2 Å². The second kappa shape index (κ2) is 6.57. The van der Waals surface area contributed by atoms with Crippen molar-refractivity contribution in [3.8, 4) is 0 Å². The molecule has 26 heavy (non-hydrogen) atoms. The Hall–Kier alpha value is -0.980. The second-order valence-corrected chi connectivity index (χ2v) is 8.90. The molecule has 0 aromatic carbocycles. The number of hydrogen-bond donors (Lipinski definition) is 2. The molecule has 7 nitrogen and oxygen atoms in total. The molecule has 0 saturated heterocycles. The Balaban J connectivity index is 2.76. The third-order valence-electron chi connectivity index (χ3n) is 4.32. The number of rotatable bonds is 8. The van der Waals surface area contributed by atoms with Crippen molar-refractivity contribution >= 4 is 16.1 Å². The predicted octanol–water partition coefficient (Wildman–Crippen LogP) is 1.10. The van der Waals surface area contributed by atoms with Crippen LogP contribution < -0.4 is 0 Å². The lowest BCUT2D eigenvalue weighted by molar-refractivity contribution is -0.175. The number of halogens is 4. The number of esters is 1. The van der Waals surface area contributed by atoms with E-state index >= 15 is 0 Å². The third-order valence-corrected chi connectivity index (χ3v) is 5.25. The summed E-state index contributed by atoms with van der Waals surface area (Å²) in [4.78, 5) is 12.0. The van der Waals surface area contributed by atoms with Gasteiger partial charge in [-0.1, -0.05) is 0 Å². The minimum Gasteiger partial charge on any atom is -0.743 e. The zero-order valence-electron chi connectivity index (χ0n) is 14.5. The Morgan fingerprint density at radius 3 is 1.73 bits per heavy atom. The summed E-state index contributed by atoms with van der Waals surface area (Å²) >= 11 is 0. The summed E-state index contributed by atoms with van der Waals surface area (Å²) in [6.07, 6.45) is -1.89. The highest BCUT2D eigenvalue weighted by Crippen LogP contribution is 2.58. The van der Waals surface area contributed by atoms with Crippen LogP contribution in [0.2, 0.25) is 0 Å². The fourth-order valence-corrected chi connectivity index (χ4v) is 3.53. The largest absolute Gasteiger partial charge is 0.743 e. The fraction of sp³-hybridized carbons (Fsp3) is 0.929. The van der Waals surface area contributed by atoms with Crippen molar-refractivity contribution in [1.82, 2.24) is 0 Å². The van der Waals surface area contributed by atoms with Crippen LogP contribution in [0.3, 0.4) is 0 Å². The number of hydrogen-bond acceptors (Lipinski definition) is 7. The van der Waals surface area contributed by atoms with Gasteiger partial charge in [0.2, 0.25) is 0 Å². The van der Waals surface area contributed by atoms with Crippen molar-refractivity contribution in [2.75, 3.05) is 6.61 Å². The van der Waals surface area contributed by atoms with Gasteiger partial charge < -0.3 is 19.5 Å². The molecular weight excluding hydrogens is 388 g/mol. The van der Waals surface area contributed by atoms with Crippen molar-refractivity contribution in [2.24, 2.45) is 17.8 Å². The molecule has 12 heteroatoms. The molecule has 2 unspecified atom stereocenters. The van der Waals surface area contributed by atoms with Gasteiger partial charge in [0.25, 0.3) is 0 Å². The van der Waals surface area contributed by atoms with E-state index in [1.54, 1.807) is 0 Å². The summed E-state index contributed by atoms with van der Waals surface area (Å²) in [6, 6.07) is 0. The molecule has 0 spiro atoms. The maximum Gasteiger partial charge on any atom is 0.396 e. The first-order valence-corrected chi connectivity index (χ1v) is 8.98. The predicted molar refractivity (Wildman–Crippen MR) is 78.2 cm³/mol. The van der Waals surface area contributed by atoms with Crippen molar-refractivity contribution in [1.29, 1.82) is 0 Å². The van der Waals surface area contributed by atoms with Crippen molar-refractivity contribution < 1.29 is 50.3 Å². The molecule has 2 N–H and O–H groups in total. The zero-order chi connectivity index (χ0) is 20.9. The van der Waals surface area contributed by atoms with Gasteiger partial charge in [0.1, 0.15) is 0 Å². The highest BCUT2D eigenvalue weighted by molar-refractivity contribution is 7.86. The maximum atomic E-state index is 13.3. The van der Waals surface area contributed by atoms with E-state index in [2.05, 4.69) is 4.74 Å². The molecule has 0 amide bonds. The highest BCUT2D eigenvalue weighted by Gasteiger charge is 2.67. The Morgan fingerprint density at radius 1 is 1.04 bits per heavy atom. The van der Waals surface area contributed by atoms with Gasteiger partial charge in [-0.2, -0.15) is 17.6 Å².